The van der Waals surface area contributed by atoms with Gasteiger partial charge in [-0.1, -0.05) is 48.0 Å². The van der Waals surface area contributed by atoms with Crippen LogP contribution in [0.5, 0.6) is 0 Å². The third-order valence-corrected chi connectivity index (χ3v) is 4.94. The normalized spacial score (nSPS) is 16.4. The molecule has 0 fully saturated rings. The topological polar surface area (TPSA) is 44.0 Å². The van der Waals surface area contributed by atoms with Gasteiger partial charge < -0.3 is 15.2 Å². The number of aromatic nitrogens is 2. The van der Waals surface area contributed by atoms with Crippen molar-refractivity contribution in [1.82, 2.24) is 14.9 Å². The number of nitrogens with one attached hydrogen (secondary N) is 2. The molecule has 25 heavy (non-hydrogen) atoms. The molecule has 0 radical (unpaired) electrons. The summed E-state index contributed by atoms with van der Waals surface area (Å²) in [6.45, 7) is 2.93. The molecular formula is C20H20N4S. The van der Waals surface area contributed by atoms with E-state index < -0.39 is 0 Å². The first-order valence-corrected chi connectivity index (χ1v) is 8.84. The minimum Gasteiger partial charge on any atom is -0.348 e. The average molecular weight is 348 g/mol. The second kappa shape index (κ2) is 6.69. The Labute approximate surface area is 152 Å². The summed E-state index contributed by atoms with van der Waals surface area (Å²) in [4.78, 5) is 10.1. The number of fused-ring (bicyclic) bond motifs is 1. The van der Waals surface area contributed by atoms with Crippen molar-refractivity contribution in [3.05, 3.63) is 83.4 Å². The third-order valence-electron chi connectivity index (χ3n) is 4.60. The van der Waals surface area contributed by atoms with Crippen LogP contribution in [0.15, 0.2) is 60.9 Å². The van der Waals surface area contributed by atoms with Crippen molar-refractivity contribution in [2.45, 2.75) is 19.4 Å². The number of imidazole rings is 1. The van der Waals surface area contributed by atoms with Crippen LogP contribution >= 0.6 is 12.2 Å². The molecule has 5 heteroatoms. The molecule has 0 saturated heterocycles. The lowest BCUT2D eigenvalue weighted by Crippen LogP contribution is -2.42. The zero-order valence-electron chi connectivity index (χ0n) is 14.1. The van der Waals surface area contributed by atoms with Gasteiger partial charge >= 0.3 is 0 Å². The van der Waals surface area contributed by atoms with Crippen LogP contribution in [-0.4, -0.2) is 26.5 Å². The molecule has 0 bridgehead atoms. The molecule has 2 heterocycles. The van der Waals surface area contributed by atoms with Gasteiger partial charge in [-0.2, -0.15) is 0 Å². The van der Waals surface area contributed by atoms with Crippen LogP contribution < -0.4 is 5.32 Å². The van der Waals surface area contributed by atoms with Crippen molar-refractivity contribution in [2.24, 2.45) is 0 Å². The number of H-pyrrole nitrogens is 1. The van der Waals surface area contributed by atoms with E-state index in [-0.39, 0.29) is 6.04 Å². The largest absolute Gasteiger partial charge is 0.348 e. The van der Waals surface area contributed by atoms with Gasteiger partial charge in [0.05, 0.1) is 12.0 Å². The third kappa shape index (κ3) is 3.15. The van der Waals surface area contributed by atoms with E-state index in [1.807, 2.05) is 6.07 Å². The fraction of sp³-hybridized carbons (Fsp3) is 0.200. The lowest BCUT2D eigenvalue weighted by atomic mass is 9.96. The fourth-order valence-electron chi connectivity index (χ4n) is 3.30. The maximum Gasteiger partial charge on any atom is 0.174 e. The molecule has 0 aliphatic carbocycles. The molecule has 3 aromatic rings. The number of rotatable bonds is 2. The summed E-state index contributed by atoms with van der Waals surface area (Å²) in [5.74, 6) is 0. The Balaban J connectivity index is 1.65. The molecule has 4 nitrogen and oxygen atoms in total. The highest BCUT2D eigenvalue weighted by Crippen LogP contribution is 2.33. The van der Waals surface area contributed by atoms with Crippen molar-refractivity contribution in [1.29, 1.82) is 0 Å². The molecule has 0 unspecified atom stereocenters. The Kier molecular flexibility index (Phi) is 4.24. The van der Waals surface area contributed by atoms with Gasteiger partial charge in [-0.25, -0.2) is 4.98 Å². The zero-order chi connectivity index (χ0) is 17.2. The summed E-state index contributed by atoms with van der Waals surface area (Å²) in [7, 11) is 0. The minimum absolute atomic E-state index is 0.0293. The van der Waals surface area contributed by atoms with E-state index in [4.69, 9.17) is 12.2 Å². The van der Waals surface area contributed by atoms with E-state index in [9.17, 15) is 0 Å². The molecule has 1 aromatic heterocycles. The van der Waals surface area contributed by atoms with Gasteiger partial charge in [0.2, 0.25) is 0 Å². The van der Waals surface area contributed by atoms with E-state index in [1.165, 1.54) is 16.8 Å². The van der Waals surface area contributed by atoms with Crippen LogP contribution in [0, 0.1) is 6.92 Å². The summed E-state index contributed by atoms with van der Waals surface area (Å²) in [5.41, 5.74) is 5.70. The van der Waals surface area contributed by atoms with Crippen molar-refractivity contribution in [3.63, 3.8) is 0 Å². The molecule has 1 aliphatic rings. The Morgan fingerprint density at radius 3 is 2.68 bits per heavy atom. The predicted molar refractivity (Wildman–Crippen MR) is 105 cm³/mol. The molecule has 1 aliphatic heterocycles. The number of benzene rings is 2. The van der Waals surface area contributed by atoms with E-state index in [1.54, 1.807) is 6.33 Å². The van der Waals surface area contributed by atoms with Crippen LogP contribution in [0.4, 0.5) is 5.69 Å². The number of hydrogen-bond acceptors (Lipinski definition) is 2. The second-order valence-electron chi connectivity index (χ2n) is 6.32. The second-order valence-corrected chi connectivity index (χ2v) is 6.71. The molecule has 2 N–H and O–H groups in total. The summed E-state index contributed by atoms with van der Waals surface area (Å²) < 4.78 is 0. The fourth-order valence-corrected chi connectivity index (χ4v) is 3.62. The van der Waals surface area contributed by atoms with Gasteiger partial charge in [-0.3, -0.25) is 0 Å². The highest BCUT2D eigenvalue weighted by molar-refractivity contribution is 7.80. The first kappa shape index (κ1) is 15.8. The minimum atomic E-state index is 0.0293. The van der Waals surface area contributed by atoms with Crippen LogP contribution in [-0.2, 0) is 6.42 Å². The standard InChI is InChI=1S/C20H20N4S/c1-14-7-9-16(10-8-14)23-20(25)24-12-11-17-18(22-13-21-17)19(24)15-5-3-2-4-6-15/h2-10,13,19H,11-12H2,1H3,(H,21,22)(H,23,25)/t19-/m0/s1. The molecule has 0 saturated carbocycles. The highest BCUT2D eigenvalue weighted by Gasteiger charge is 2.32. The van der Waals surface area contributed by atoms with Crippen LogP contribution in [0.1, 0.15) is 28.6 Å². The van der Waals surface area contributed by atoms with Crippen molar-refractivity contribution in [3.8, 4) is 0 Å². The average Bonchev–Trinajstić information content (AvgIpc) is 3.12. The lowest BCUT2D eigenvalue weighted by molar-refractivity contribution is 0.336. The van der Waals surface area contributed by atoms with Gasteiger partial charge in [0, 0.05) is 24.3 Å². The van der Waals surface area contributed by atoms with Gasteiger partial charge in [0.1, 0.15) is 6.04 Å². The quantitative estimate of drug-likeness (QED) is 0.686. The smallest absolute Gasteiger partial charge is 0.174 e. The molecular weight excluding hydrogens is 328 g/mol. The summed E-state index contributed by atoms with van der Waals surface area (Å²) in [5, 5.41) is 4.11. The lowest BCUT2D eigenvalue weighted by Gasteiger charge is -2.37. The van der Waals surface area contributed by atoms with E-state index in [0.717, 1.165) is 29.5 Å². The number of aromatic amines is 1. The first-order chi connectivity index (χ1) is 12.2. The Hall–Kier alpha value is -2.66. The van der Waals surface area contributed by atoms with Gasteiger partial charge in [0.15, 0.2) is 5.11 Å². The van der Waals surface area contributed by atoms with Crippen molar-refractivity contribution >= 4 is 23.0 Å². The number of thiocarbonyl (C=S) groups is 1. The van der Waals surface area contributed by atoms with E-state index >= 15 is 0 Å². The maximum absolute atomic E-state index is 5.75. The summed E-state index contributed by atoms with van der Waals surface area (Å²) in [6.07, 6.45) is 2.69. The number of aryl methyl sites for hydroxylation is 1. The molecule has 4 rings (SSSR count). The molecule has 1 atom stereocenters. The van der Waals surface area contributed by atoms with E-state index in [2.05, 4.69) is 75.6 Å². The first-order valence-electron chi connectivity index (χ1n) is 8.44. The van der Waals surface area contributed by atoms with Gasteiger partial charge in [-0.05, 0) is 36.8 Å². The summed E-state index contributed by atoms with van der Waals surface area (Å²) in [6, 6.07) is 18.7. The van der Waals surface area contributed by atoms with E-state index in [0.29, 0.717) is 0 Å². The molecule has 2 aromatic carbocycles. The Morgan fingerprint density at radius 1 is 1.16 bits per heavy atom. The van der Waals surface area contributed by atoms with Crippen molar-refractivity contribution in [2.75, 3.05) is 11.9 Å². The summed E-state index contributed by atoms with van der Waals surface area (Å²) >= 11 is 5.75. The van der Waals surface area contributed by atoms with Crippen LogP contribution in [0.25, 0.3) is 0 Å². The monoisotopic (exact) mass is 348 g/mol. The maximum atomic E-state index is 5.75. The zero-order valence-corrected chi connectivity index (χ0v) is 14.9. The number of hydrogen-bond donors (Lipinski definition) is 2. The van der Waals surface area contributed by atoms with Gasteiger partial charge in [0.25, 0.3) is 0 Å². The highest BCUT2D eigenvalue weighted by atomic mass is 32.1. The molecule has 0 spiro atoms. The SMILES string of the molecule is Cc1ccc(NC(=S)N2CCc3[nH]cnc3[C@@H]2c2ccccc2)cc1. The Bertz CT molecular complexity index is 870. The molecule has 126 valence electrons. The number of nitrogens with zero attached hydrogens (tertiary/aromatic N) is 2. The Morgan fingerprint density at radius 2 is 1.92 bits per heavy atom. The van der Waals surface area contributed by atoms with Crippen molar-refractivity contribution < 1.29 is 0 Å². The number of anilines is 1. The van der Waals surface area contributed by atoms with Gasteiger partial charge in [-0.15, -0.1) is 0 Å². The predicted octanol–water partition coefficient (Wildman–Crippen LogP) is 4.06. The van der Waals surface area contributed by atoms with Crippen LogP contribution in [0.2, 0.25) is 0 Å². The van der Waals surface area contributed by atoms with Crippen LogP contribution in [0.3, 0.4) is 0 Å². The molecule has 0 amide bonds.